The van der Waals surface area contributed by atoms with Gasteiger partial charge < -0.3 is 10.1 Å². The Balaban J connectivity index is 1.61. The molecule has 0 saturated carbocycles. The van der Waals surface area contributed by atoms with Crippen molar-refractivity contribution in [2.24, 2.45) is 0 Å². The van der Waals surface area contributed by atoms with Crippen LogP contribution in [0.5, 0.6) is 0 Å². The van der Waals surface area contributed by atoms with Gasteiger partial charge in [-0.05, 0) is 44.2 Å². The normalized spacial score (nSPS) is 11.7. The van der Waals surface area contributed by atoms with E-state index in [0.717, 1.165) is 11.0 Å². The molecule has 0 fully saturated rings. The van der Waals surface area contributed by atoms with Crippen molar-refractivity contribution in [3.05, 3.63) is 63.5 Å². The lowest BCUT2D eigenvalue weighted by Gasteiger charge is -2.14. The summed E-state index contributed by atoms with van der Waals surface area (Å²) in [6.07, 6.45) is -1.10. The number of amides is 1. The first-order chi connectivity index (χ1) is 14.8. The smallest absolute Gasteiger partial charge is 0.329 e. The number of nitriles is 1. The zero-order valence-corrected chi connectivity index (χ0v) is 17.8. The van der Waals surface area contributed by atoms with Crippen molar-refractivity contribution < 1.29 is 14.3 Å². The molecule has 0 aliphatic rings. The number of nitrogens with one attached hydrogen (secondary N) is 1. The molecule has 8 nitrogen and oxygen atoms in total. The summed E-state index contributed by atoms with van der Waals surface area (Å²) < 4.78 is 8.38. The van der Waals surface area contributed by atoms with Crippen LogP contribution in [0.2, 0.25) is 5.02 Å². The van der Waals surface area contributed by atoms with Gasteiger partial charge in [-0.3, -0.25) is 18.7 Å². The number of aromatic nitrogens is 2. The third-order valence-corrected chi connectivity index (χ3v) is 5.13. The molecule has 160 valence electrons. The Hall–Kier alpha value is -3.57. The highest BCUT2D eigenvalue weighted by Crippen LogP contribution is 2.20. The molecule has 1 atom stereocenters. The Kier molecular flexibility index (Phi) is 6.78. The van der Waals surface area contributed by atoms with Gasteiger partial charge in [-0.15, -0.1) is 0 Å². The largest absolute Gasteiger partial charge is 0.452 e. The van der Waals surface area contributed by atoms with Crippen molar-refractivity contribution in [2.45, 2.75) is 39.5 Å². The zero-order chi connectivity index (χ0) is 22.5. The van der Waals surface area contributed by atoms with Crippen molar-refractivity contribution in [1.82, 2.24) is 9.13 Å². The number of hydrogen-bond acceptors (Lipinski definition) is 5. The Morgan fingerprint density at radius 2 is 1.87 bits per heavy atom. The average molecular weight is 441 g/mol. The predicted molar refractivity (Wildman–Crippen MR) is 117 cm³/mol. The number of nitrogens with zero attached hydrogens (tertiary/aromatic N) is 3. The second-order valence-electron chi connectivity index (χ2n) is 6.84. The third kappa shape index (κ3) is 4.78. The van der Waals surface area contributed by atoms with Crippen LogP contribution in [-0.4, -0.2) is 27.1 Å². The molecule has 0 bridgehead atoms. The number of carbonyl (C=O) groups excluding carboxylic acids is 2. The monoisotopic (exact) mass is 440 g/mol. The summed E-state index contributed by atoms with van der Waals surface area (Å²) in [4.78, 5) is 37.2. The van der Waals surface area contributed by atoms with Crippen LogP contribution >= 0.6 is 11.6 Å². The van der Waals surface area contributed by atoms with E-state index in [1.807, 2.05) is 37.3 Å². The summed E-state index contributed by atoms with van der Waals surface area (Å²) in [5, 5.41) is 11.7. The molecule has 0 spiro atoms. The van der Waals surface area contributed by atoms with Crippen molar-refractivity contribution in [2.75, 3.05) is 5.32 Å². The number of esters is 1. The Labute approximate surface area is 183 Å². The molecule has 3 aromatic rings. The van der Waals surface area contributed by atoms with Crippen LogP contribution in [0, 0.1) is 11.3 Å². The molecule has 1 aromatic heterocycles. The number of halogens is 1. The number of anilines is 1. The minimum atomic E-state index is -1.05. The summed E-state index contributed by atoms with van der Waals surface area (Å²) in [5.41, 5.74) is 2.03. The van der Waals surface area contributed by atoms with Gasteiger partial charge in [-0.25, -0.2) is 4.79 Å². The number of para-hydroxylation sites is 2. The van der Waals surface area contributed by atoms with Crippen molar-refractivity contribution in [1.29, 1.82) is 5.26 Å². The average Bonchev–Trinajstić information content (AvgIpc) is 3.02. The first-order valence-electron chi connectivity index (χ1n) is 9.73. The predicted octanol–water partition coefficient (Wildman–Crippen LogP) is 3.31. The fraction of sp³-hybridized carbons (Fsp3) is 0.273. The second kappa shape index (κ2) is 9.49. The lowest BCUT2D eigenvalue weighted by molar-refractivity contribution is -0.153. The first kappa shape index (κ1) is 22.1. The topological polar surface area (TPSA) is 106 Å². The lowest BCUT2D eigenvalue weighted by atomic mass is 10.2. The van der Waals surface area contributed by atoms with Gasteiger partial charge in [0.15, 0.2) is 6.10 Å². The van der Waals surface area contributed by atoms with Gasteiger partial charge in [0.25, 0.3) is 5.91 Å². The number of aryl methyl sites for hydroxylation is 2. The molecule has 0 radical (unpaired) electrons. The summed E-state index contributed by atoms with van der Waals surface area (Å²) in [6, 6.07) is 13.8. The van der Waals surface area contributed by atoms with Crippen LogP contribution in [0.3, 0.4) is 0 Å². The van der Waals surface area contributed by atoms with Gasteiger partial charge >= 0.3 is 11.7 Å². The van der Waals surface area contributed by atoms with Crippen LogP contribution in [0.1, 0.15) is 25.8 Å². The molecule has 31 heavy (non-hydrogen) atoms. The minimum absolute atomic E-state index is 0.0576. The molecule has 1 amide bonds. The van der Waals surface area contributed by atoms with E-state index in [1.54, 1.807) is 4.57 Å². The van der Waals surface area contributed by atoms with E-state index < -0.39 is 18.0 Å². The SMILES string of the molecule is CCn1c(=O)n(CCC(=O)OC(C)C(=O)Nc2ccc(C#N)c(Cl)c2)c2ccccc21. The van der Waals surface area contributed by atoms with Crippen LogP contribution in [-0.2, 0) is 27.4 Å². The lowest BCUT2D eigenvalue weighted by Crippen LogP contribution is -2.31. The van der Waals surface area contributed by atoms with Gasteiger partial charge in [0, 0.05) is 18.8 Å². The highest BCUT2D eigenvalue weighted by atomic mass is 35.5. The second-order valence-corrected chi connectivity index (χ2v) is 7.25. The third-order valence-electron chi connectivity index (χ3n) is 4.82. The number of fused-ring (bicyclic) bond motifs is 1. The number of rotatable bonds is 7. The van der Waals surface area contributed by atoms with Gasteiger partial charge in [-0.2, -0.15) is 5.26 Å². The highest BCUT2D eigenvalue weighted by molar-refractivity contribution is 6.32. The van der Waals surface area contributed by atoms with Crippen LogP contribution < -0.4 is 11.0 Å². The summed E-state index contributed by atoms with van der Waals surface area (Å²) >= 11 is 5.95. The van der Waals surface area contributed by atoms with E-state index in [2.05, 4.69) is 5.32 Å². The van der Waals surface area contributed by atoms with Crippen LogP contribution in [0.25, 0.3) is 11.0 Å². The van der Waals surface area contributed by atoms with Gasteiger partial charge in [-0.1, -0.05) is 23.7 Å². The van der Waals surface area contributed by atoms with E-state index in [1.165, 1.54) is 29.7 Å². The molecule has 0 saturated heterocycles. The van der Waals surface area contributed by atoms with E-state index in [4.69, 9.17) is 21.6 Å². The molecule has 9 heteroatoms. The van der Waals surface area contributed by atoms with Crippen molar-refractivity contribution in [3.63, 3.8) is 0 Å². The maximum absolute atomic E-state index is 12.6. The fourth-order valence-corrected chi connectivity index (χ4v) is 3.46. The van der Waals surface area contributed by atoms with Crippen LogP contribution in [0.4, 0.5) is 5.69 Å². The highest BCUT2D eigenvalue weighted by Gasteiger charge is 2.19. The van der Waals surface area contributed by atoms with Crippen LogP contribution in [0.15, 0.2) is 47.3 Å². The maximum atomic E-state index is 12.6. The molecule has 1 heterocycles. The zero-order valence-electron chi connectivity index (χ0n) is 17.1. The molecular formula is C22H21ClN4O4. The molecule has 0 aliphatic carbocycles. The summed E-state index contributed by atoms with van der Waals surface area (Å²) in [7, 11) is 0. The van der Waals surface area contributed by atoms with Gasteiger partial charge in [0.1, 0.15) is 6.07 Å². The van der Waals surface area contributed by atoms with Gasteiger partial charge in [0.05, 0.1) is 28.0 Å². The van der Waals surface area contributed by atoms with Crippen molar-refractivity contribution >= 4 is 40.2 Å². The van der Waals surface area contributed by atoms with E-state index in [0.29, 0.717) is 17.8 Å². The summed E-state index contributed by atoms with van der Waals surface area (Å²) in [5.74, 6) is -1.13. The standard InChI is InChI=1S/C22H21ClN4O4/c1-3-26-18-6-4-5-7-19(18)27(22(26)30)11-10-20(28)31-14(2)21(29)25-16-9-8-15(13-24)17(23)12-16/h4-9,12,14H,3,10-11H2,1-2H3,(H,25,29). The molecule has 3 rings (SSSR count). The summed E-state index contributed by atoms with van der Waals surface area (Å²) in [6.45, 7) is 4.00. The number of carbonyl (C=O) groups is 2. The van der Waals surface area contributed by atoms with Gasteiger partial charge in [0.2, 0.25) is 0 Å². The number of ether oxygens (including phenoxy) is 1. The quantitative estimate of drug-likeness (QED) is 0.567. The van der Waals surface area contributed by atoms with E-state index in [-0.39, 0.29) is 23.7 Å². The van der Waals surface area contributed by atoms with E-state index >= 15 is 0 Å². The molecule has 2 aromatic carbocycles. The first-order valence-corrected chi connectivity index (χ1v) is 10.1. The Bertz CT molecular complexity index is 1240. The fourth-order valence-electron chi connectivity index (χ4n) is 3.23. The molecule has 1 N–H and O–H groups in total. The number of benzene rings is 2. The number of hydrogen-bond donors (Lipinski definition) is 1. The molecule has 1 unspecified atom stereocenters. The molecule has 0 aliphatic heterocycles. The maximum Gasteiger partial charge on any atom is 0.329 e. The van der Waals surface area contributed by atoms with E-state index in [9.17, 15) is 14.4 Å². The number of imidazole rings is 1. The Morgan fingerprint density at radius 3 is 2.48 bits per heavy atom. The minimum Gasteiger partial charge on any atom is -0.452 e. The molecular weight excluding hydrogens is 420 g/mol. The Morgan fingerprint density at radius 1 is 1.19 bits per heavy atom. The van der Waals surface area contributed by atoms with Crippen molar-refractivity contribution in [3.8, 4) is 6.07 Å².